The molecule has 1 aromatic carbocycles. The summed E-state index contributed by atoms with van der Waals surface area (Å²) in [7, 11) is 0. The molecule has 1 aliphatic rings. The molecule has 0 spiro atoms. The van der Waals surface area contributed by atoms with Crippen LogP contribution in [0.1, 0.15) is 23.2 Å². The highest BCUT2D eigenvalue weighted by Crippen LogP contribution is 2.18. The molecule has 0 radical (unpaired) electrons. The van der Waals surface area contributed by atoms with Crippen molar-refractivity contribution < 1.29 is 19.1 Å². The Bertz CT molecular complexity index is 530. The number of carbonyl (C=O) groups is 2. The number of anilines is 1. The fourth-order valence-corrected chi connectivity index (χ4v) is 2.17. The van der Waals surface area contributed by atoms with Crippen LogP contribution in [0.25, 0.3) is 0 Å². The second kappa shape index (κ2) is 7.28. The number of hydrogen-bond donors (Lipinski definition) is 2. The standard InChI is InChI=1S/C14H17ClN2O4/c15-9-3-4-12(16)11(6-9)14(19)21-8-13(18)17-7-10-2-1-5-20-10/h3-4,6,10H,1-2,5,7-8,16H2,(H,17,18)/t10-/m0/s1. The quantitative estimate of drug-likeness (QED) is 0.633. The lowest BCUT2D eigenvalue weighted by Gasteiger charge is -2.11. The van der Waals surface area contributed by atoms with E-state index in [9.17, 15) is 9.59 Å². The maximum absolute atomic E-state index is 11.8. The molecule has 1 atom stereocenters. The molecule has 1 heterocycles. The molecule has 3 N–H and O–H groups in total. The Labute approximate surface area is 127 Å². The number of halogens is 1. The molecular formula is C14H17ClN2O4. The number of ether oxygens (including phenoxy) is 2. The summed E-state index contributed by atoms with van der Waals surface area (Å²) in [5, 5.41) is 3.03. The number of nitrogens with one attached hydrogen (secondary N) is 1. The Kier molecular flexibility index (Phi) is 5.41. The van der Waals surface area contributed by atoms with E-state index >= 15 is 0 Å². The van der Waals surface area contributed by atoms with Crippen LogP contribution in [-0.4, -0.2) is 37.7 Å². The Morgan fingerprint density at radius 2 is 2.29 bits per heavy atom. The van der Waals surface area contributed by atoms with Crippen molar-refractivity contribution in [2.45, 2.75) is 18.9 Å². The first kappa shape index (κ1) is 15.6. The van der Waals surface area contributed by atoms with E-state index in [0.29, 0.717) is 11.6 Å². The summed E-state index contributed by atoms with van der Waals surface area (Å²) >= 11 is 5.79. The Balaban J connectivity index is 1.77. The molecule has 21 heavy (non-hydrogen) atoms. The van der Waals surface area contributed by atoms with Gasteiger partial charge in [-0.05, 0) is 31.0 Å². The summed E-state index contributed by atoms with van der Waals surface area (Å²) in [5.74, 6) is -1.05. The van der Waals surface area contributed by atoms with Crippen molar-refractivity contribution in [3.05, 3.63) is 28.8 Å². The Hall–Kier alpha value is -1.79. The predicted molar refractivity (Wildman–Crippen MR) is 78.1 cm³/mol. The van der Waals surface area contributed by atoms with Crippen molar-refractivity contribution >= 4 is 29.2 Å². The number of rotatable bonds is 5. The smallest absolute Gasteiger partial charge is 0.340 e. The molecule has 0 unspecified atom stereocenters. The van der Waals surface area contributed by atoms with Crippen LogP contribution in [0.3, 0.4) is 0 Å². The van der Waals surface area contributed by atoms with Crippen LogP contribution in [0, 0.1) is 0 Å². The third kappa shape index (κ3) is 4.61. The van der Waals surface area contributed by atoms with Gasteiger partial charge < -0.3 is 20.5 Å². The fourth-order valence-electron chi connectivity index (χ4n) is 2.00. The van der Waals surface area contributed by atoms with Crippen LogP contribution in [0.5, 0.6) is 0 Å². The van der Waals surface area contributed by atoms with Gasteiger partial charge in [0.15, 0.2) is 6.61 Å². The molecule has 2 rings (SSSR count). The molecule has 1 amide bonds. The topological polar surface area (TPSA) is 90.7 Å². The number of amides is 1. The van der Waals surface area contributed by atoms with Crippen LogP contribution >= 0.6 is 11.6 Å². The van der Waals surface area contributed by atoms with E-state index in [1.165, 1.54) is 12.1 Å². The molecule has 1 aromatic rings. The van der Waals surface area contributed by atoms with E-state index in [2.05, 4.69) is 5.32 Å². The van der Waals surface area contributed by atoms with Crippen molar-refractivity contribution in [3.63, 3.8) is 0 Å². The lowest BCUT2D eigenvalue weighted by atomic mass is 10.2. The number of hydrogen-bond acceptors (Lipinski definition) is 5. The monoisotopic (exact) mass is 312 g/mol. The van der Waals surface area contributed by atoms with E-state index < -0.39 is 5.97 Å². The summed E-state index contributed by atoms with van der Waals surface area (Å²) in [5.41, 5.74) is 6.06. The molecule has 0 saturated carbocycles. The summed E-state index contributed by atoms with van der Waals surface area (Å²) in [4.78, 5) is 23.4. The maximum atomic E-state index is 11.8. The van der Waals surface area contributed by atoms with Gasteiger partial charge in [0.1, 0.15) is 0 Å². The zero-order valence-corrected chi connectivity index (χ0v) is 12.2. The van der Waals surface area contributed by atoms with E-state index in [1.54, 1.807) is 6.07 Å². The molecule has 0 bridgehead atoms. The highest BCUT2D eigenvalue weighted by Gasteiger charge is 2.17. The van der Waals surface area contributed by atoms with E-state index in [-0.39, 0.29) is 29.9 Å². The van der Waals surface area contributed by atoms with Crippen molar-refractivity contribution in [3.8, 4) is 0 Å². The Morgan fingerprint density at radius 3 is 3.00 bits per heavy atom. The maximum Gasteiger partial charge on any atom is 0.340 e. The van der Waals surface area contributed by atoms with Crippen LogP contribution in [0.4, 0.5) is 5.69 Å². The molecule has 114 valence electrons. The molecule has 1 aliphatic heterocycles. The van der Waals surface area contributed by atoms with Crippen molar-refractivity contribution in [2.75, 3.05) is 25.5 Å². The second-order valence-electron chi connectivity index (χ2n) is 4.75. The van der Waals surface area contributed by atoms with Gasteiger partial charge in [-0.15, -0.1) is 0 Å². The Morgan fingerprint density at radius 1 is 1.48 bits per heavy atom. The number of benzene rings is 1. The molecule has 1 fully saturated rings. The van der Waals surface area contributed by atoms with Gasteiger partial charge in [-0.1, -0.05) is 11.6 Å². The van der Waals surface area contributed by atoms with Gasteiger partial charge in [-0.2, -0.15) is 0 Å². The van der Waals surface area contributed by atoms with Gasteiger partial charge in [0, 0.05) is 23.9 Å². The van der Waals surface area contributed by atoms with Crippen LogP contribution in [0.15, 0.2) is 18.2 Å². The minimum Gasteiger partial charge on any atom is -0.452 e. The third-order valence-corrected chi connectivity index (χ3v) is 3.36. The molecule has 1 saturated heterocycles. The zero-order valence-electron chi connectivity index (χ0n) is 11.4. The highest BCUT2D eigenvalue weighted by atomic mass is 35.5. The summed E-state index contributed by atoms with van der Waals surface area (Å²) in [6, 6.07) is 4.49. The lowest BCUT2D eigenvalue weighted by Crippen LogP contribution is -2.34. The van der Waals surface area contributed by atoms with Gasteiger partial charge in [0.2, 0.25) is 0 Å². The van der Waals surface area contributed by atoms with E-state index in [1.807, 2.05) is 0 Å². The van der Waals surface area contributed by atoms with Crippen molar-refractivity contribution in [1.82, 2.24) is 5.32 Å². The van der Waals surface area contributed by atoms with Crippen molar-refractivity contribution in [1.29, 1.82) is 0 Å². The first-order valence-electron chi connectivity index (χ1n) is 6.66. The molecule has 0 aromatic heterocycles. The number of nitrogen functional groups attached to an aromatic ring is 1. The summed E-state index contributed by atoms with van der Waals surface area (Å²) in [6.45, 7) is 0.788. The summed E-state index contributed by atoms with van der Waals surface area (Å²) < 4.78 is 10.3. The van der Waals surface area contributed by atoms with Gasteiger partial charge in [0.25, 0.3) is 5.91 Å². The van der Waals surface area contributed by atoms with E-state index in [4.69, 9.17) is 26.8 Å². The molecule has 6 nitrogen and oxygen atoms in total. The van der Waals surface area contributed by atoms with Crippen LogP contribution in [-0.2, 0) is 14.3 Å². The SMILES string of the molecule is Nc1ccc(Cl)cc1C(=O)OCC(=O)NC[C@@H]1CCCO1. The van der Waals surface area contributed by atoms with Gasteiger partial charge in [-0.25, -0.2) is 4.79 Å². The average Bonchev–Trinajstić information content (AvgIpc) is 2.98. The molecular weight excluding hydrogens is 296 g/mol. The van der Waals surface area contributed by atoms with Crippen LogP contribution < -0.4 is 11.1 Å². The third-order valence-electron chi connectivity index (χ3n) is 3.12. The normalized spacial score (nSPS) is 17.5. The molecule has 7 heteroatoms. The lowest BCUT2D eigenvalue weighted by molar-refractivity contribution is -0.124. The largest absolute Gasteiger partial charge is 0.452 e. The predicted octanol–water partition coefficient (Wildman–Crippen LogP) is 1.37. The van der Waals surface area contributed by atoms with Crippen molar-refractivity contribution in [2.24, 2.45) is 0 Å². The molecule has 0 aliphatic carbocycles. The first-order chi connectivity index (χ1) is 10.1. The van der Waals surface area contributed by atoms with Gasteiger partial charge >= 0.3 is 5.97 Å². The van der Waals surface area contributed by atoms with Gasteiger partial charge in [-0.3, -0.25) is 4.79 Å². The van der Waals surface area contributed by atoms with Gasteiger partial charge in [0.05, 0.1) is 11.7 Å². The minimum atomic E-state index is -0.678. The minimum absolute atomic E-state index is 0.0493. The van der Waals surface area contributed by atoms with E-state index in [0.717, 1.165) is 19.4 Å². The number of esters is 1. The fraction of sp³-hybridized carbons (Fsp3) is 0.429. The summed E-state index contributed by atoms with van der Waals surface area (Å²) in [6.07, 6.45) is 1.98. The van der Waals surface area contributed by atoms with Crippen LogP contribution in [0.2, 0.25) is 5.02 Å². The number of nitrogens with two attached hydrogens (primary N) is 1. The first-order valence-corrected chi connectivity index (χ1v) is 7.04. The number of carbonyl (C=O) groups excluding carboxylic acids is 2. The highest BCUT2D eigenvalue weighted by molar-refractivity contribution is 6.31. The zero-order chi connectivity index (χ0) is 15.2. The second-order valence-corrected chi connectivity index (χ2v) is 5.18. The average molecular weight is 313 g/mol.